The summed E-state index contributed by atoms with van der Waals surface area (Å²) in [5, 5.41) is 11.0. The summed E-state index contributed by atoms with van der Waals surface area (Å²) >= 11 is 0. The molecule has 0 heterocycles. The highest BCUT2D eigenvalue weighted by molar-refractivity contribution is 5.80. The van der Waals surface area contributed by atoms with Gasteiger partial charge in [0.1, 0.15) is 12.2 Å². The number of ether oxygens (including phenoxy) is 2. The van der Waals surface area contributed by atoms with Crippen LogP contribution in [0, 0.1) is 12.3 Å². The van der Waals surface area contributed by atoms with Crippen molar-refractivity contribution in [1.29, 1.82) is 0 Å². The number of hydrogen-bond donors (Lipinski definition) is 2. The van der Waals surface area contributed by atoms with Crippen LogP contribution >= 0.6 is 0 Å². The summed E-state index contributed by atoms with van der Waals surface area (Å²) in [6, 6.07) is -1.18. The molecule has 1 amide bonds. The molecule has 0 saturated heterocycles. The average molecular weight is 243 g/mol. The third kappa shape index (κ3) is 8.11. The quantitative estimate of drug-likeness (QED) is 0.546. The number of rotatable bonds is 5. The fraction of sp³-hybridized carbons (Fsp3) is 0.636. The molecule has 1 unspecified atom stereocenters. The Morgan fingerprint density at radius 2 is 2.06 bits per heavy atom. The molecular weight excluding hydrogens is 226 g/mol. The first-order valence-electron chi connectivity index (χ1n) is 5.00. The van der Waals surface area contributed by atoms with Crippen molar-refractivity contribution < 1.29 is 24.2 Å². The van der Waals surface area contributed by atoms with Crippen LogP contribution in [0.2, 0.25) is 0 Å². The average Bonchev–Trinajstić information content (AvgIpc) is 2.13. The molecule has 0 spiro atoms. The number of carboxylic acid groups (broad SMARTS) is 1. The van der Waals surface area contributed by atoms with Crippen molar-refractivity contribution in [2.45, 2.75) is 32.4 Å². The second-order valence-electron chi connectivity index (χ2n) is 4.26. The lowest BCUT2D eigenvalue weighted by atomic mass is 10.2. The lowest BCUT2D eigenvalue weighted by molar-refractivity contribution is -0.141. The van der Waals surface area contributed by atoms with Gasteiger partial charge in [-0.3, -0.25) is 0 Å². The Morgan fingerprint density at radius 1 is 1.47 bits per heavy atom. The summed E-state index contributed by atoms with van der Waals surface area (Å²) in [7, 11) is 0. The second-order valence-corrected chi connectivity index (χ2v) is 4.26. The molecule has 0 aromatic rings. The van der Waals surface area contributed by atoms with E-state index in [-0.39, 0.29) is 13.2 Å². The van der Waals surface area contributed by atoms with Gasteiger partial charge in [-0.1, -0.05) is 5.92 Å². The molecule has 0 saturated carbocycles. The fourth-order valence-electron chi connectivity index (χ4n) is 0.860. The van der Waals surface area contributed by atoms with E-state index in [0.29, 0.717) is 0 Å². The van der Waals surface area contributed by atoms with Gasteiger partial charge in [0.2, 0.25) is 0 Å². The maximum absolute atomic E-state index is 11.3. The number of carbonyl (C=O) groups is 2. The molecular formula is C11H17NO5. The number of nitrogens with one attached hydrogen (secondary N) is 1. The maximum atomic E-state index is 11.3. The van der Waals surface area contributed by atoms with Crippen LogP contribution in [-0.4, -0.2) is 42.0 Å². The minimum atomic E-state index is -1.21. The number of alkyl carbamates (subject to hydrolysis) is 1. The van der Waals surface area contributed by atoms with Gasteiger partial charge < -0.3 is 19.9 Å². The highest BCUT2D eigenvalue weighted by Gasteiger charge is 2.23. The Kier molecular flexibility index (Phi) is 6.07. The Balaban J connectivity index is 4.22. The predicted octanol–water partition coefficient (Wildman–Crippen LogP) is 0.614. The van der Waals surface area contributed by atoms with Crippen molar-refractivity contribution in [2.24, 2.45) is 0 Å². The van der Waals surface area contributed by atoms with Gasteiger partial charge in [-0.25, -0.2) is 9.59 Å². The van der Waals surface area contributed by atoms with Crippen LogP contribution in [0.3, 0.4) is 0 Å². The smallest absolute Gasteiger partial charge is 0.408 e. The van der Waals surface area contributed by atoms with Crippen molar-refractivity contribution in [3.05, 3.63) is 0 Å². The molecule has 2 N–H and O–H groups in total. The van der Waals surface area contributed by atoms with E-state index in [9.17, 15) is 9.59 Å². The van der Waals surface area contributed by atoms with Gasteiger partial charge in [0.15, 0.2) is 6.04 Å². The standard InChI is InChI=1S/C11H17NO5/c1-5-6-16-7-8(9(13)14)12-10(15)17-11(2,3)4/h1,8H,6-7H2,2-4H3,(H,12,15)(H,13,14). The van der Waals surface area contributed by atoms with Gasteiger partial charge in [-0.15, -0.1) is 6.42 Å². The largest absolute Gasteiger partial charge is 0.480 e. The molecule has 0 radical (unpaired) electrons. The highest BCUT2D eigenvalue weighted by Crippen LogP contribution is 2.06. The zero-order chi connectivity index (χ0) is 13.5. The van der Waals surface area contributed by atoms with E-state index < -0.39 is 23.7 Å². The number of aliphatic carboxylic acids is 1. The van der Waals surface area contributed by atoms with Gasteiger partial charge in [-0.2, -0.15) is 0 Å². The molecule has 1 atom stereocenters. The number of carboxylic acids is 1. The topological polar surface area (TPSA) is 84.9 Å². The Bertz CT molecular complexity index is 313. The second kappa shape index (κ2) is 6.76. The number of amides is 1. The molecule has 0 aliphatic carbocycles. The highest BCUT2D eigenvalue weighted by atomic mass is 16.6. The Morgan fingerprint density at radius 3 is 2.47 bits per heavy atom. The maximum Gasteiger partial charge on any atom is 0.408 e. The van der Waals surface area contributed by atoms with Crippen molar-refractivity contribution in [3.63, 3.8) is 0 Å². The van der Waals surface area contributed by atoms with Crippen molar-refractivity contribution >= 4 is 12.1 Å². The Hall–Kier alpha value is -1.74. The molecule has 0 aliphatic heterocycles. The first kappa shape index (κ1) is 15.3. The summed E-state index contributed by atoms with van der Waals surface area (Å²) in [6.45, 7) is 4.81. The molecule has 6 heteroatoms. The first-order valence-corrected chi connectivity index (χ1v) is 5.00. The van der Waals surface area contributed by atoms with Gasteiger partial charge in [-0.05, 0) is 20.8 Å². The molecule has 0 fully saturated rings. The first-order chi connectivity index (χ1) is 7.76. The third-order valence-electron chi connectivity index (χ3n) is 1.46. The van der Waals surface area contributed by atoms with Gasteiger partial charge in [0.05, 0.1) is 6.61 Å². The summed E-state index contributed by atoms with van der Waals surface area (Å²) in [5.74, 6) is 0.980. The van der Waals surface area contributed by atoms with Crippen molar-refractivity contribution in [1.82, 2.24) is 5.32 Å². The normalized spacial score (nSPS) is 12.4. The van der Waals surface area contributed by atoms with E-state index in [1.807, 2.05) is 0 Å². The van der Waals surface area contributed by atoms with E-state index >= 15 is 0 Å². The van der Waals surface area contributed by atoms with Crippen LogP contribution in [-0.2, 0) is 14.3 Å². The molecule has 6 nitrogen and oxygen atoms in total. The van der Waals surface area contributed by atoms with Crippen molar-refractivity contribution in [3.8, 4) is 12.3 Å². The zero-order valence-electron chi connectivity index (χ0n) is 10.1. The van der Waals surface area contributed by atoms with Crippen molar-refractivity contribution in [2.75, 3.05) is 13.2 Å². The third-order valence-corrected chi connectivity index (χ3v) is 1.46. The van der Waals surface area contributed by atoms with Crippen LogP contribution in [0.5, 0.6) is 0 Å². The molecule has 0 aromatic carbocycles. The SMILES string of the molecule is C#CCOCC(NC(=O)OC(C)(C)C)C(=O)O. The van der Waals surface area contributed by atoms with Gasteiger partial charge in [0, 0.05) is 0 Å². The summed E-state index contributed by atoms with van der Waals surface area (Å²) in [5.41, 5.74) is -0.688. The van der Waals surface area contributed by atoms with E-state index in [1.54, 1.807) is 20.8 Å². The minimum absolute atomic E-state index is 0.0141. The number of terminal acetylenes is 1. The van der Waals surface area contributed by atoms with Gasteiger partial charge in [0.25, 0.3) is 0 Å². The van der Waals surface area contributed by atoms with Gasteiger partial charge >= 0.3 is 12.1 Å². The number of carbonyl (C=O) groups excluding carboxylic acids is 1. The van der Waals surface area contributed by atoms with Crippen LogP contribution in [0.4, 0.5) is 4.79 Å². The van der Waals surface area contributed by atoms with E-state index in [1.165, 1.54) is 0 Å². The fourth-order valence-corrected chi connectivity index (χ4v) is 0.860. The summed E-state index contributed by atoms with van der Waals surface area (Å²) < 4.78 is 9.77. The lowest BCUT2D eigenvalue weighted by Gasteiger charge is -2.21. The molecule has 17 heavy (non-hydrogen) atoms. The molecule has 0 aliphatic rings. The molecule has 96 valence electrons. The summed E-state index contributed by atoms with van der Waals surface area (Å²) in [6.07, 6.45) is 4.13. The monoisotopic (exact) mass is 243 g/mol. The van der Waals surface area contributed by atoms with E-state index in [2.05, 4.69) is 11.2 Å². The van der Waals surface area contributed by atoms with Crippen LogP contribution in [0.15, 0.2) is 0 Å². The van der Waals surface area contributed by atoms with Crippen LogP contribution < -0.4 is 5.32 Å². The molecule has 0 aromatic heterocycles. The molecule has 0 bridgehead atoms. The minimum Gasteiger partial charge on any atom is -0.480 e. The van der Waals surface area contributed by atoms with E-state index in [4.69, 9.17) is 21.0 Å². The Labute approximate surface area is 100 Å². The van der Waals surface area contributed by atoms with Crippen LogP contribution in [0.1, 0.15) is 20.8 Å². The van der Waals surface area contributed by atoms with Crippen LogP contribution in [0.25, 0.3) is 0 Å². The summed E-state index contributed by atoms with van der Waals surface area (Å²) in [4.78, 5) is 22.1. The number of hydrogen-bond acceptors (Lipinski definition) is 4. The molecule has 0 rings (SSSR count). The predicted molar refractivity (Wildman–Crippen MR) is 60.4 cm³/mol. The van der Waals surface area contributed by atoms with E-state index in [0.717, 1.165) is 0 Å². The zero-order valence-corrected chi connectivity index (χ0v) is 10.1. The lowest BCUT2D eigenvalue weighted by Crippen LogP contribution is -2.46.